The molecule has 0 aliphatic heterocycles. The lowest BCUT2D eigenvalue weighted by Crippen LogP contribution is -2.00. The third-order valence-corrected chi connectivity index (χ3v) is 2.11. The first-order valence-corrected chi connectivity index (χ1v) is 4.27. The molecule has 0 fully saturated rings. The van der Waals surface area contributed by atoms with Gasteiger partial charge in [-0.05, 0) is 12.1 Å². The monoisotopic (exact) mass is 186 g/mol. The van der Waals surface area contributed by atoms with Crippen molar-refractivity contribution in [2.75, 3.05) is 0 Å². The Morgan fingerprint density at radius 1 is 1.25 bits per heavy atom. The maximum Gasteiger partial charge on any atom is 0.337 e. The second-order valence-electron chi connectivity index (χ2n) is 2.08. The van der Waals surface area contributed by atoms with E-state index in [4.69, 9.17) is 5.11 Å². The number of rotatable bonds is 2. The van der Waals surface area contributed by atoms with Crippen LogP contribution in [0.5, 0.6) is 0 Å². The van der Waals surface area contributed by atoms with Crippen LogP contribution < -0.4 is 0 Å². The fourth-order valence-electron chi connectivity index (χ4n) is 0.814. The van der Waals surface area contributed by atoms with Gasteiger partial charge < -0.3 is 5.11 Å². The summed E-state index contributed by atoms with van der Waals surface area (Å²) in [5.74, 6) is -1.23. The summed E-state index contributed by atoms with van der Waals surface area (Å²) >= 11 is 0. The van der Waals surface area contributed by atoms with Crippen LogP contribution >= 0.6 is 0 Å². The molecule has 5 heteroatoms. The van der Waals surface area contributed by atoms with E-state index >= 15 is 0 Å². The predicted octanol–water partition coefficient (Wildman–Crippen LogP) is 0.355. The topological polar surface area (TPSA) is 71.4 Å². The molecule has 64 valence electrons. The summed E-state index contributed by atoms with van der Waals surface area (Å²) in [5.41, 5.74) is -0.186. The van der Waals surface area contributed by atoms with Crippen molar-refractivity contribution in [2.24, 2.45) is 0 Å². The highest BCUT2D eigenvalue weighted by Gasteiger charge is 2.09. The van der Waals surface area contributed by atoms with Crippen LogP contribution in [0.15, 0.2) is 29.2 Å². The molecule has 1 aromatic carbocycles. The van der Waals surface area contributed by atoms with E-state index in [9.17, 15) is 13.2 Å². The molecule has 0 bridgehead atoms. The molecule has 0 aliphatic rings. The Kier molecular flexibility index (Phi) is 2.44. The zero-order valence-electron chi connectivity index (χ0n) is 5.93. The molecule has 1 rings (SSSR count). The Morgan fingerprint density at radius 2 is 1.83 bits per heavy atom. The SMILES string of the molecule is O=C(O)c1ccccc1[SH](=O)=O. The van der Waals surface area contributed by atoms with Gasteiger partial charge in [-0.2, -0.15) is 0 Å². The average Bonchev–Trinajstić information content (AvgIpc) is 2.04. The Balaban J connectivity index is 3.36. The van der Waals surface area contributed by atoms with Gasteiger partial charge >= 0.3 is 5.97 Å². The molecule has 0 amide bonds. The Morgan fingerprint density at radius 3 is 2.25 bits per heavy atom. The van der Waals surface area contributed by atoms with Crippen molar-refractivity contribution in [3.63, 3.8) is 0 Å². The number of carboxylic acids is 1. The molecular formula is C7H6O4S. The summed E-state index contributed by atoms with van der Waals surface area (Å²) in [6.07, 6.45) is 0. The molecule has 1 aromatic rings. The second kappa shape index (κ2) is 3.36. The van der Waals surface area contributed by atoms with Gasteiger partial charge in [-0.1, -0.05) is 12.1 Å². The van der Waals surface area contributed by atoms with E-state index in [1.165, 1.54) is 24.3 Å². The van der Waals surface area contributed by atoms with Crippen LogP contribution in [-0.2, 0) is 10.7 Å². The van der Waals surface area contributed by atoms with Crippen LogP contribution in [0.1, 0.15) is 10.4 Å². The minimum absolute atomic E-state index is 0.153. The molecule has 0 radical (unpaired) electrons. The van der Waals surface area contributed by atoms with Gasteiger partial charge in [0.15, 0.2) is 10.7 Å². The first-order valence-electron chi connectivity index (χ1n) is 3.09. The van der Waals surface area contributed by atoms with E-state index in [-0.39, 0.29) is 10.5 Å². The Labute approximate surface area is 70.4 Å². The molecule has 0 atom stereocenters. The first-order chi connectivity index (χ1) is 5.63. The van der Waals surface area contributed by atoms with Crippen molar-refractivity contribution in [2.45, 2.75) is 4.90 Å². The Bertz CT molecular complexity index is 373. The standard InChI is InChI=1S/C7H6O4S/c8-7(9)5-3-1-2-4-6(5)12(10)11/h1-4,12H,(H,8,9). The summed E-state index contributed by atoms with van der Waals surface area (Å²) < 4.78 is 21.0. The fraction of sp³-hybridized carbons (Fsp3) is 0. The molecule has 1 N–H and O–H groups in total. The lowest BCUT2D eigenvalue weighted by molar-refractivity contribution is 0.0693. The third kappa shape index (κ3) is 1.62. The van der Waals surface area contributed by atoms with Crippen molar-refractivity contribution >= 4 is 16.7 Å². The molecule has 0 unspecified atom stereocenters. The lowest BCUT2D eigenvalue weighted by atomic mass is 10.2. The zero-order valence-corrected chi connectivity index (χ0v) is 6.82. The smallest absolute Gasteiger partial charge is 0.337 e. The maximum absolute atomic E-state index is 10.5. The molecule has 0 heterocycles. The van der Waals surface area contributed by atoms with E-state index in [2.05, 4.69) is 0 Å². The molecule has 0 aliphatic carbocycles. The van der Waals surface area contributed by atoms with Crippen LogP contribution in [0, 0.1) is 0 Å². The molecule has 12 heavy (non-hydrogen) atoms. The number of thiol groups is 1. The molecule has 0 saturated heterocycles. The van der Waals surface area contributed by atoms with Crippen molar-refractivity contribution in [1.82, 2.24) is 0 Å². The normalized spacial score (nSPS) is 10.1. The highest BCUT2D eigenvalue weighted by Crippen LogP contribution is 2.09. The minimum atomic E-state index is -2.83. The molecular weight excluding hydrogens is 180 g/mol. The number of hydrogen-bond acceptors (Lipinski definition) is 3. The van der Waals surface area contributed by atoms with Gasteiger partial charge in [-0.15, -0.1) is 0 Å². The van der Waals surface area contributed by atoms with E-state index in [1.54, 1.807) is 0 Å². The first kappa shape index (κ1) is 8.73. The van der Waals surface area contributed by atoms with E-state index < -0.39 is 16.7 Å². The number of hydrogen-bond donors (Lipinski definition) is 2. The number of aromatic carboxylic acids is 1. The summed E-state index contributed by atoms with van der Waals surface area (Å²) in [7, 11) is -2.83. The summed E-state index contributed by atoms with van der Waals surface area (Å²) in [5, 5.41) is 8.55. The van der Waals surface area contributed by atoms with Gasteiger partial charge in [0.05, 0.1) is 10.5 Å². The molecule has 0 spiro atoms. The van der Waals surface area contributed by atoms with Gasteiger partial charge in [0.2, 0.25) is 0 Å². The fourth-order valence-corrected chi connectivity index (χ4v) is 1.39. The highest BCUT2D eigenvalue weighted by molar-refractivity contribution is 7.72. The minimum Gasteiger partial charge on any atom is -0.478 e. The predicted molar refractivity (Wildman–Crippen MR) is 42.0 cm³/mol. The molecule has 0 saturated carbocycles. The average molecular weight is 186 g/mol. The van der Waals surface area contributed by atoms with Crippen LogP contribution in [0.3, 0.4) is 0 Å². The number of carboxylic acid groups (broad SMARTS) is 1. The van der Waals surface area contributed by atoms with E-state index in [1.807, 2.05) is 0 Å². The van der Waals surface area contributed by atoms with E-state index in [0.29, 0.717) is 0 Å². The third-order valence-electron chi connectivity index (χ3n) is 1.33. The second-order valence-corrected chi connectivity index (χ2v) is 3.08. The number of carbonyl (C=O) groups is 1. The van der Waals surface area contributed by atoms with Crippen molar-refractivity contribution in [3.8, 4) is 0 Å². The highest BCUT2D eigenvalue weighted by atomic mass is 32.2. The largest absolute Gasteiger partial charge is 0.478 e. The van der Waals surface area contributed by atoms with Crippen LogP contribution in [0.4, 0.5) is 0 Å². The maximum atomic E-state index is 10.5. The van der Waals surface area contributed by atoms with Crippen LogP contribution in [0.2, 0.25) is 0 Å². The van der Waals surface area contributed by atoms with Gasteiger partial charge in [0.25, 0.3) is 0 Å². The number of benzene rings is 1. The zero-order chi connectivity index (χ0) is 9.14. The van der Waals surface area contributed by atoms with Gasteiger partial charge in [0, 0.05) is 0 Å². The van der Waals surface area contributed by atoms with Gasteiger partial charge in [0.1, 0.15) is 0 Å². The summed E-state index contributed by atoms with van der Waals surface area (Å²) in [6, 6.07) is 5.47. The van der Waals surface area contributed by atoms with Gasteiger partial charge in [-0.3, -0.25) is 0 Å². The van der Waals surface area contributed by atoms with Gasteiger partial charge in [-0.25, -0.2) is 13.2 Å². The Hall–Kier alpha value is -1.36. The van der Waals surface area contributed by atoms with Crippen molar-refractivity contribution < 1.29 is 18.3 Å². The molecule has 4 nitrogen and oxygen atoms in total. The lowest BCUT2D eigenvalue weighted by Gasteiger charge is -1.95. The summed E-state index contributed by atoms with van der Waals surface area (Å²) in [4.78, 5) is 10.3. The van der Waals surface area contributed by atoms with E-state index in [0.717, 1.165) is 0 Å². The van der Waals surface area contributed by atoms with Crippen LogP contribution in [-0.4, -0.2) is 19.5 Å². The molecule has 0 aromatic heterocycles. The summed E-state index contributed by atoms with van der Waals surface area (Å²) in [6.45, 7) is 0. The van der Waals surface area contributed by atoms with Crippen LogP contribution in [0.25, 0.3) is 0 Å². The quantitative estimate of drug-likeness (QED) is 0.654. The van der Waals surface area contributed by atoms with Crippen molar-refractivity contribution in [1.29, 1.82) is 0 Å². The van der Waals surface area contributed by atoms with Crippen molar-refractivity contribution in [3.05, 3.63) is 29.8 Å².